The minimum Gasteiger partial charge on any atom is -0.354 e. The van der Waals surface area contributed by atoms with Gasteiger partial charge in [-0.1, -0.05) is 33.1 Å². The van der Waals surface area contributed by atoms with Crippen molar-refractivity contribution in [1.29, 1.82) is 0 Å². The zero-order valence-electron chi connectivity index (χ0n) is 12.7. The first kappa shape index (κ1) is 19.2. The molecule has 4 N–H and O–H groups in total. The van der Waals surface area contributed by atoms with Gasteiger partial charge in [0.15, 0.2) is 0 Å². The van der Waals surface area contributed by atoms with Crippen molar-refractivity contribution in [2.75, 3.05) is 24.6 Å². The maximum Gasteiger partial charge on any atom is 0.237 e. The molecule has 118 valence electrons. The number of nitrogens with one attached hydrogen (secondary N) is 2. The number of nitrogens with two attached hydrogens (primary N) is 1. The van der Waals surface area contributed by atoms with E-state index in [2.05, 4.69) is 17.6 Å². The molecule has 0 fully saturated rings. The minimum absolute atomic E-state index is 0.0567. The van der Waals surface area contributed by atoms with Gasteiger partial charge in [0.25, 0.3) is 0 Å². The van der Waals surface area contributed by atoms with Gasteiger partial charge < -0.3 is 16.4 Å². The molecule has 0 saturated carbocycles. The number of hydrogen-bond donors (Lipinski definition) is 3. The predicted octanol–water partition coefficient (Wildman–Crippen LogP) is 1.27. The summed E-state index contributed by atoms with van der Waals surface area (Å²) < 4.78 is 0. The fourth-order valence-electron chi connectivity index (χ4n) is 1.64. The van der Waals surface area contributed by atoms with Crippen LogP contribution < -0.4 is 16.4 Å². The van der Waals surface area contributed by atoms with E-state index >= 15 is 0 Å². The summed E-state index contributed by atoms with van der Waals surface area (Å²) in [6.45, 7) is 5.08. The van der Waals surface area contributed by atoms with Crippen LogP contribution in [0.15, 0.2) is 0 Å². The van der Waals surface area contributed by atoms with Crippen LogP contribution >= 0.6 is 11.8 Å². The van der Waals surface area contributed by atoms with Crippen LogP contribution in [0.1, 0.15) is 46.0 Å². The number of amides is 2. The second kappa shape index (κ2) is 13.2. The average Bonchev–Trinajstić information content (AvgIpc) is 2.45. The van der Waals surface area contributed by atoms with Gasteiger partial charge in [0.05, 0.1) is 6.04 Å². The van der Waals surface area contributed by atoms with Crippen molar-refractivity contribution in [2.24, 2.45) is 5.73 Å². The van der Waals surface area contributed by atoms with Gasteiger partial charge in [-0.15, -0.1) is 0 Å². The molecule has 0 unspecified atom stereocenters. The molecule has 0 aromatic carbocycles. The SMILES string of the molecule is CCCCCCC(=O)NCCNC(=O)[C@@H](N)CSCC. The molecule has 0 bridgehead atoms. The van der Waals surface area contributed by atoms with E-state index in [9.17, 15) is 9.59 Å². The first-order valence-corrected chi connectivity index (χ1v) is 8.65. The summed E-state index contributed by atoms with van der Waals surface area (Å²) in [6.07, 6.45) is 4.96. The van der Waals surface area contributed by atoms with E-state index < -0.39 is 6.04 Å². The Hall–Kier alpha value is -0.750. The third-order valence-electron chi connectivity index (χ3n) is 2.84. The van der Waals surface area contributed by atoms with Gasteiger partial charge in [-0.2, -0.15) is 11.8 Å². The van der Waals surface area contributed by atoms with Crippen molar-refractivity contribution in [1.82, 2.24) is 10.6 Å². The fourth-order valence-corrected chi connectivity index (χ4v) is 2.28. The topological polar surface area (TPSA) is 84.2 Å². The molecule has 0 aromatic rings. The Bertz CT molecular complexity index is 275. The van der Waals surface area contributed by atoms with Crippen LogP contribution in [-0.4, -0.2) is 42.5 Å². The third-order valence-corrected chi connectivity index (χ3v) is 3.85. The minimum atomic E-state index is -0.468. The molecule has 0 aliphatic heterocycles. The number of rotatable bonds is 12. The second-order valence-electron chi connectivity index (χ2n) is 4.72. The maximum atomic E-state index is 11.6. The van der Waals surface area contributed by atoms with Crippen molar-refractivity contribution in [2.45, 2.75) is 52.0 Å². The Morgan fingerprint density at radius 3 is 2.45 bits per heavy atom. The Morgan fingerprint density at radius 1 is 1.10 bits per heavy atom. The number of thioether (sulfide) groups is 1. The molecular weight excluding hydrogens is 274 g/mol. The van der Waals surface area contributed by atoms with Crippen molar-refractivity contribution in [3.63, 3.8) is 0 Å². The van der Waals surface area contributed by atoms with Gasteiger partial charge in [0.2, 0.25) is 11.8 Å². The van der Waals surface area contributed by atoms with Gasteiger partial charge in [-0.3, -0.25) is 9.59 Å². The highest BCUT2D eigenvalue weighted by atomic mass is 32.2. The lowest BCUT2D eigenvalue weighted by molar-refractivity contribution is -0.123. The molecular formula is C14H29N3O2S. The molecule has 0 aromatic heterocycles. The van der Waals surface area contributed by atoms with Crippen LogP contribution in [0.3, 0.4) is 0 Å². The molecule has 5 nitrogen and oxygen atoms in total. The first-order chi connectivity index (χ1) is 9.61. The van der Waals surface area contributed by atoms with Crippen LogP contribution in [0.5, 0.6) is 0 Å². The fraction of sp³-hybridized carbons (Fsp3) is 0.857. The molecule has 0 rings (SSSR count). The van der Waals surface area contributed by atoms with Crippen LogP contribution in [0, 0.1) is 0 Å². The van der Waals surface area contributed by atoms with Crippen LogP contribution in [0.25, 0.3) is 0 Å². The average molecular weight is 303 g/mol. The normalized spacial score (nSPS) is 11.9. The zero-order valence-corrected chi connectivity index (χ0v) is 13.6. The first-order valence-electron chi connectivity index (χ1n) is 7.49. The quantitative estimate of drug-likeness (QED) is 0.474. The van der Waals surface area contributed by atoms with E-state index in [1.54, 1.807) is 11.8 Å². The summed E-state index contributed by atoms with van der Waals surface area (Å²) in [6, 6.07) is -0.468. The molecule has 1 atom stereocenters. The highest BCUT2D eigenvalue weighted by Crippen LogP contribution is 2.02. The monoisotopic (exact) mass is 303 g/mol. The molecule has 20 heavy (non-hydrogen) atoms. The van der Waals surface area contributed by atoms with E-state index in [4.69, 9.17) is 5.73 Å². The van der Waals surface area contributed by atoms with Crippen LogP contribution in [0.2, 0.25) is 0 Å². The van der Waals surface area contributed by atoms with Gasteiger partial charge in [-0.05, 0) is 12.2 Å². The summed E-state index contributed by atoms with van der Waals surface area (Å²) in [7, 11) is 0. The Labute approximate surface area is 126 Å². The number of carbonyl (C=O) groups is 2. The van der Waals surface area contributed by atoms with Crippen molar-refractivity contribution < 1.29 is 9.59 Å². The lowest BCUT2D eigenvalue weighted by atomic mass is 10.1. The van der Waals surface area contributed by atoms with E-state index in [0.717, 1.165) is 18.6 Å². The molecule has 0 aliphatic carbocycles. The largest absolute Gasteiger partial charge is 0.354 e. The van der Waals surface area contributed by atoms with E-state index in [1.165, 1.54) is 12.8 Å². The molecule has 0 saturated heterocycles. The molecule has 6 heteroatoms. The van der Waals surface area contributed by atoms with E-state index in [1.807, 2.05) is 6.92 Å². The number of carbonyl (C=O) groups excluding carboxylic acids is 2. The van der Waals surface area contributed by atoms with Crippen molar-refractivity contribution in [3.05, 3.63) is 0 Å². The lowest BCUT2D eigenvalue weighted by Crippen LogP contribution is -2.44. The molecule has 0 radical (unpaired) electrons. The van der Waals surface area contributed by atoms with Crippen molar-refractivity contribution >= 4 is 23.6 Å². The van der Waals surface area contributed by atoms with Gasteiger partial charge in [0, 0.05) is 25.3 Å². The summed E-state index contributed by atoms with van der Waals surface area (Å²) >= 11 is 1.65. The molecule has 0 heterocycles. The Balaban J connectivity index is 3.50. The third kappa shape index (κ3) is 11.1. The summed E-state index contributed by atoms with van der Waals surface area (Å²) in [5.41, 5.74) is 5.72. The maximum absolute atomic E-state index is 11.6. The van der Waals surface area contributed by atoms with Crippen molar-refractivity contribution in [3.8, 4) is 0 Å². The summed E-state index contributed by atoms with van der Waals surface area (Å²) in [4.78, 5) is 23.0. The smallest absolute Gasteiger partial charge is 0.237 e. The zero-order chi connectivity index (χ0) is 15.2. The number of hydrogen-bond acceptors (Lipinski definition) is 4. The lowest BCUT2D eigenvalue weighted by Gasteiger charge is -2.11. The highest BCUT2D eigenvalue weighted by molar-refractivity contribution is 7.99. The van der Waals surface area contributed by atoms with E-state index in [-0.39, 0.29) is 11.8 Å². The second-order valence-corrected chi connectivity index (χ2v) is 6.04. The summed E-state index contributed by atoms with van der Waals surface area (Å²) in [5, 5.41) is 5.53. The molecule has 2 amide bonds. The van der Waals surface area contributed by atoms with Crippen LogP contribution in [0.4, 0.5) is 0 Å². The van der Waals surface area contributed by atoms with Crippen LogP contribution in [-0.2, 0) is 9.59 Å². The van der Waals surface area contributed by atoms with Gasteiger partial charge in [-0.25, -0.2) is 0 Å². The molecule has 0 aliphatic rings. The molecule has 0 spiro atoms. The summed E-state index contributed by atoms with van der Waals surface area (Å²) in [5.74, 6) is 1.49. The number of unbranched alkanes of at least 4 members (excludes halogenated alkanes) is 3. The van der Waals surface area contributed by atoms with Gasteiger partial charge >= 0.3 is 0 Å². The highest BCUT2D eigenvalue weighted by Gasteiger charge is 2.11. The standard InChI is InChI=1S/C14H29N3O2S/c1-3-5-6-7-8-13(18)16-9-10-17-14(19)12(15)11-20-4-2/h12H,3-11,15H2,1-2H3,(H,16,18)(H,17,19)/t12-/m0/s1. The Kier molecular flexibility index (Phi) is 12.7. The Morgan fingerprint density at radius 2 is 1.80 bits per heavy atom. The predicted molar refractivity (Wildman–Crippen MR) is 85.8 cm³/mol. The van der Waals surface area contributed by atoms with E-state index in [0.29, 0.717) is 25.3 Å². The van der Waals surface area contributed by atoms with Gasteiger partial charge in [0.1, 0.15) is 0 Å².